The lowest BCUT2D eigenvalue weighted by Gasteiger charge is -2.30. The zero-order valence-electron chi connectivity index (χ0n) is 14.2. The predicted octanol–water partition coefficient (Wildman–Crippen LogP) is 3.78. The van der Waals surface area contributed by atoms with Crippen LogP contribution >= 0.6 is 34.8 Å². The van der Waals surface area contributed by atoms with Gasteiger partial charge in [-0.2, -0.15) is 10.2 Å². The fraction of sp³-hybridized carbons (Fsp3) is 0.412. The zero-order valence-corrected chi connectivity index (χ0v) is 16.5. The van der Waals surface area contributed by atoms with Crippen LogP contribution in [0.4, 0.5) is 0 Å². The number of benzene rings is 1. The number of piperazine rings is 1. The molecule has 134 valence electrons. The molecule has 0 bridgehead atoms. The minimum Gasteiger partial charge on any atom is -0.303 e. The standard InChI is InChI=1S/C17H20Cl3N5/c1-12-13(10-21-24-8-6-23(2)7-9-24)17(20)25(22-12)11-14-15(18)4-3-5-16(14)19/h3-5,10H,6-9,11H2,1-2H3/b21-10-. The van der Waals surface area contributed by atoms with Crippen LogP contribution in [-0.2, 0) is 6.54 Å². The van der Waals surface area contributed by atoms with Crippen molar-refractivity contribution in [1.29, 1.82) is 0 Å². The summed E-state index contributed by atoms with van der Waals surface area (Å²) < 4.78 is 1.70. The van der Waals surface area contributed by atoms with Gasteiger partial charge >= 0.3 is 0 Å². The van der Waals surface area contributed by atoms with Crippen LogP contribution in [-0.4, -0.2) is 59.1 Å². The topological polar surface area (TPSA) is 36.7 Å². The van der Waals surface area contributed by atoms with Crippen molar-refractivity contribution in [2.24, 2.45) is 5.10 Å². The molecule has 1 aliphatic heterocycles. The number of likely N-dealkylation sites (N-methyl/N-ethyl adjacent to an activating group) is 1. The number of hydrogen-bond acceptors (Lipinski definition) is 4. The fourth-order valence-electron chi connectivity index (χ4n) is 2.70. The smallest absolute Gasteiger partial charge is 0.136 e. The molecule has 8 heteroatoms. The summed E-state index contributed by atoms with van der Waals surface area (Å²) in [6.07, 6.45) is 1.79. The van der Waals surface area contributed by atoms with E-state index >= 15 is 0 Å². The lowest BCUT2D eigenvalue weighted by molar-refractivity contribution is 0.159. The number of aromatic nitrogens is 2. The van der Waals surface area contributed by atoms with E-state index < -0.39 is 0 Å². The van der Waals surface area contributed by atoms with Crippen molar-refractivity contribution in [2.75, 3.05) is 33.2 Å². The highest BCUT2D eigenvalue weighted by Gasteiger charge is 2.16. The Morgan fingerprint density at radius 3 is 2.40 bits per heavy atom. The van der Waals surface area contributed by atoms with E-state index in [4.69, 9.17) is 34.8 Å². The second-order valence-electron chi connectivity index (χ2n) is 6.15. The van der Waals surface area contributed by atoms with Gasteiger partial charge in [0.05, 0.1) is 24.0 Å². The number of nitrogens with zero attached hydrogens (tertiary/aromatic N) is 5. The molecule has 5 nitrogen and oxygen atoms in total. The van der Waals surface area contributed by atoms with Gasteiger partial charge < -0.3 is 4.90 Å². The Hall–Kier alpha value is -1.27. The first kappa shape index (κ1) is 18.5. The number of halogens is 3. The SMILES string of the molecule is Cc1nn(Cc2c(Cl)cccc2Cl)c(Cl)c1/C=N\N1CCN(C)CC1. The summed E-state index contributed by atoms with van der Waals surface area (Å²) in [5.41, 5.74) is 2.45. The van der Waals surface area contributed by atoms with Gasteiger partial charge in [0.25, 0.3) is 0 Å². The Kier molecular flexibility index (Phi) is 5.89. The summed E-state index contributed by atoms with van der Waals surface area (Å²) in [4.78, 5) is 2.29. The van der Waals surface area contributed by atoms with Crippen LogP contribution in [0.5, 0.6) is 0 Å². The maximum atomic E-state index is 6.52. The third kappa shape index (κ3) is 4.29. The monoisotopic (exact) mass is 399 g/mol. The van der Waals surface area contributed by atoms with Gasteiger partial charge in [0, 0.05) is 41.8 Å². The number of rotatable bonds is 4. The first-order valence-corrected chi connectivity index (χ1v) is 9.22. The largest absolute Gasteiger partial charge is 0.303 e. The van der Waals surface area contributed by atoms with Gasteiger partial charge in [-0.3, -0.25) is 5.01 Å². The second-order valence-corrected chi connectivity index (χ2v) is 7.32. The molecule has 1 saturated heterocycles. The number of hydrogen-bond donors (Lipinski definition) is 0. The van der Waals surface area contributed by atoms with E-state index in [1.165, 1.54) is 0 Å². The summed E-state index contributed by atoms with van der Waals surface area (Å²) in [5, 5.41) is 12.9. The molecule has 0 aliphatic carbocycles. The number of aryl methyl sites for hydroxylation is 1. The molecule has 0 saturated carbocycles. The minimum absolute atomic E-state index is 0.417. The van der Waals surface area contributed by atoms with Gasteiger partial charge in [0.2, 0.25) is 0 Å². The molecule has 2 heterocycles. The van der Waals surface area contributed by atoms with Crippen molar-refractivity contribution in [3.8, 4) is 0 Å². The summed E-state index contributed by atoms with van der Waals surface area (Å²) in [5.74, 6) is 0. The van der Waals surface area contributed by atoms with Crippen molar-refractivity contribution in [3.05, 3.63) is 50.2 Å². The number of hydrazone groups is 1. The van der Waals surface area contributed by atoms with Crippen LogP contribution < -0.4 is 0 Å². The Balaban J connectivity index is 1.79. The quantitative estimate of drug-likeness (QED) is 0.733. The Morgan fingerprint density at radius 2 is 1.76 bits per heavy atom. The predicted molar refractivity (Wildman–Crippen MR) is 104 cm³/mol. The Bertz CT molecular complexity index is 759. The molecule has 0 N–H and O–H groups in total. The summed E-state index contributed by atoms with van der Waals surface area (Å²) >= 11 is 19.0. The van der Waals surface area contributed by atoms with Crippen molar-refractivity contribution in [1.82, 2.24) is 19.7 Å². The minimum atomic E-state index is 0.417. The van der Waals surface area contributed by atoms with Crippen LogP contribution in [0, 0.1) is 6.92 Å². The van der Waals surface area contributed by atoms with Crippen molar-refractivity contribution in [2.45, 2.75) is 13.5 Å². The van der Waals surface area contributed by atoms with E-state index in [9.17, 15) is 0 Å². The highest BCUT2D eigenvalue weighted by Crippen LogP contribution is 2.27. The molecule has 0 amide bonds. The summed E-state index contributed by atoms with van der Waals surface area (Å²) in [7, 11) is 2.12. The second kappa shape index (κ2) is 7.96. The molecule has 1 aromatic carbocycles. The van der Waals surface area contributed by atoms with E-state index in [1.54, 1.807) is 10.9 Å². The van der Waals surface area contributed by atoms with Gasteiger partial charge in [0.1, 0.15) is 5.15 Å². The van der Waals surface area contributed by atoms with Gasteiger partial charge in [-0.25, -0.2) is 4.68 Å². The van der Waals surface area contributed by atoms with Gasteiger partial charge in [0.15, 0.2) is 0 Å². The molecule has 3 rings (SSSR count). The van der Waals surface area contributed by atoms with Crippen LogP contribution in [0.1, 0.15) is 16.8 Å². The first-order valence-electron chi connectivity index (χ1n) is 8.09. The molecule has 25 heavy (non-hydrogen) atoms. The van der Waals surface area contributed by atoms with E-state index in [0.717, 1.165) is 43.0 Å². The molecular formula is C17H20Cl3N5. The average molecular weight is 401 g/mol. The first-order chi connectivity index (χ1) is 12.0. The fourth-order valence-corrected chi connectivity index (χ4v) is 3.50. The van der Waals surface area contributed by atoms with E-state index in [0.29, 0.717) is 21.7 Å². The molecule has 0 spiro atoms. The molecule has 1 aromatic heterocycles. The molecule has 0 atom stereocenters. The lowest BCUT2D eigenvalue weighted by Crippen LogP contribution is -2.41. The van der Waals surface area contributed by atoms with E-state index in [1.807, 2.05) is 25.1 Å². The normalized spacial score (nSPS) is 16.1. The maximum Gasteiger partial charge on any atom is 0.136 e. The average Bonchev–Trinajstić information content (AvgIpc) is 2.84. The molecule has 0 unspecified atom stereocenters. The summed E-state index contributed by atoms with van der Waals surface area (Å²) in [6, 6.07) is 5.43. The maximum absolute atomic E-state index is 6.52. The van der Waals surface area contributed by atoms with Gasteiger partial charge in [-0.05, 0) is 26.1 Å². The van der Waals surface area contributed by atoms with Gasteiger partial charge in [-0.15, -0.1) is 0 Å². The highest BCUT2D eigenvalue weighted by atomic mass is 35.5. The van der Waals surface area contributed by atoms with E-state index in [-0.39, 0.29) is 0 Å². The van der Waals surface area contributed by atoms with Crippen molar-refractivity contribution < 1.29 is 0 Å². The summed E-state index contributed by atoms with van der Waals surface area (Å²) in [6.45, 7) is 6.17. The molecule has 0 radical (unpaired) electrons. The van der Waals surface area contributed by atoms with Crippen LogP contribution in [0.15, 0.2) is 23.3 Å². The lowest BCUT2D eigenvalue weighted by atomic mass is 10.2. The molecule has 2 aromatic rings. The third-order valence-electron chi connectivity index (χ3n) is 4.31. The van der Waals surface area contributed by atoms with Gasteiger partial charge in [-0.1, -0.05) is 40.9 Å². The van der Waals surface area contributed by atoms with Crippen LogP contribution in [0.25, 0.3) is 0 Å². The van der Waals surface area contributed by atoms with Crippen LogP contribution in [0.3, 0.4) is 0 Å². The molecular weight excluding hydrogens is 381 g/mol. The Labute approximate surface area is 162 Å². The van der Waals surface area contributed by atoms with Crippen molar-refractivity contribution >= 4 is 41.0 Å². The third-order valence-corrected chi connectivity index (χ3v) is 5.42. The van der Waals surface area contributed by atoms with Crippen molar-refractivity contribution in [3.63, 3.8) is 0 Å². The van der Waals surface area contributed by atoms with E-state index in [2.05, 4.69) is 27.2 Å². The molecule has 1 aliphatic rings. The van der Waals surface area contributed by atoms with Crippen LogP contribution in [0.2, 0.25) is 15.2 Å². The Morgan fingerprint density at radius 1 is 1.12 bits per heavy atom. The zero-order chi connectivity index (χ0) is 18.0. The molecule has 1 fully saturated rings. The highest BCUT2D eigenvalue weighted by molar-refractivity contribution is 6.36.